The Morgan fingerprint density at radius 3 is 2.56 bits per heavy atom. The van der Waals surface area contributed by atoms with Gasteiger partial charge in [-0.15, -0.1) is 0 Å². The number of aryl methyl sites for hydroxylation is 1. The van der Waals surface area contributed by atoms with E-state index in [-0.39, 0.29) is 0 Å². The van der Waals surface area contributed by atoms with Gasteiger partial charge < -0.3 is 19.4 Å². The van der Waals surface area contributed by atoms with E-state index in [2.05, 4.69) is 47.5 Å². The highest BCUT2D eigenvalue weighted by Crippen LogP contribution is 2.41. The molecule has 0 radical (unpaired) electrons. The summed E-state index contributed by atoms with van der Waals surface area (Å²) in [5.41, 5.74) is 0.626. The summed E-state index contributed by atoms with van der Waals surface area (Å²) >= 11 is 0. The third kappa shape index (κ3) is 6.10. The quantitative estimate of drug-likeness (QED) is 0.532. The zero-order valence-electron chi connectivity index (χ0n) is 21.3. The first-order valence-corrected chi connectivity index (χ1v) is 13.8. The van der Waals surface area contributed by atoms with Crippen LogP contribution in [0.3, 0.4) is 0 Å². The van der Waals surface area contributed by atoms with Crippen molar-refractivity contribution >= 4 is 0 Å². The van der Waals surface area contributed by atoms with Gasteiger partial charge >= 0.3 is 0 Å². The minimum absolute atomic E-state index is 0.626. The van der Waals surface area contributed by atoms with Crippen LogP contribution in [0.2, 0.25) is 0 Å². The number of H-pyrrole nitrogens is 1. The summed E-state index contributed by atoms with van der Waals surface area (Å²) in [4.78, 5) is 20.0. The molecule has 0 aromatic carbocycles. The van der Waals surface area contributed by atoms with Crippen molar-refractivity contribution in [2.45, 2.75) is 89.9 Å². The van der Waals surface area contributed by atoms with E-state index in [4.69, 9.17) is 0 Å². The summed E-state index contributed by atoms with van der Waals surface area (Å²) in [5.74, 6) is 2.16. The lowest BCUT2D eigenvalue weighted by Gasteiger charge is -2.44. The van der Waals surface area contributed by atoms with Crippen molar-refractivity contribution in [3.05, 3.63) is 36.4 Å². The molecule has 2 aromatic heterocycles. The zero-order chi connectivity index (χ0) is 23.2. The molecule has 1 aliphatic carbocycles. The summed E-state index contributed by atoms with van der Waals surface area (Å²) in [7, 11) is 2.13. The molecule has 3 aliphatic rings. The third-order valence-electron chi connectivity index (χ3n) is 8.78. The molecule has 5 rings (SSSR count). The summed E-state index contributed by atoms with van der Waals surface area (Å²) in [6, 6.07) is 0.904. The average molecular weight is 468 g/mol. The van der Waals surface area contributed by atoms with Gasteiger partial charge in [-0.25, -0.2) is 9.97 Å². The van der Waals surface area contributed by atoms with Gasteiger partial charge in [-0.2, -0.15) is 0 Å². The lowest BCUT2D eigenvalue weighted by Crippen LogP contribution is -2.46. The number of hydrogen-bond donors (Lipinski definition) is 1. The maximum absolute atomic E-state index is 4.61. The number of nitrogens with one attached hydrogen (secondary N) is 1. The fraction of sp³-hybridized carbons (Fsp3) is 0.778. The van der Waals surface area contributed by atoms with Gasteiger partial charge in [-0.05, 0) is 83.6 Å². The number of unbranched alkanes of at least 4 members (excludes halogenated alkanes) is 1. The molecule has 1 saturated carbocycles. The predicted molar refractivity (Wildman–Crippen MR) is 136 cm³/mol. The smallest absolute Gasteiger partial charge is 0.122 e. The lowest BCUT2D eigenvalue weighted by atomic mass is 9.77. The summed E-state index contributed by atoms with van der Waals surface area (Å²) in [6.45, 7) is 9.37. The van der Waals surface area contributed by atoms with Crippen LogP contribution in [0.5, 0.6) is 0 Å². The van der Waals surface area contributed by atoms with E-state index < -0.39 is 0 Å². The molecule has 1 spiro atoms. The molecule has 2 aliphatic heterocycles. The fourth-order valence-electron chi connectivity index (χ4n) is 6.69. The first-order valence-electron chi connectivity index (χ1n) is 13.8. The standard InChI is InChI=1S/C27H45N7/c1-31(21-25-28-12-13-29-25)22-26-30-14-20-34(26)16-6-5-15-32-17-9-27(23-32)10-18-33(19-11-27)24-7-3-2-4-8-24/h12-14,20,24H,2-11,15-19,21-23H2,1H3,(H,28,29). The average Bonchev–Trinajstić information content (AvgIpc) is 3.61. The number of imidazole rings is 2. The van der Waals surface area contributed by atoms with Crippen molar-refractivity contribution in [2.75, 3.05) is 39.8 Å². The molecule has 0 atom stereocenters. The molecule has 34 heavy (non-hydrogen) atoms. The minimum atomic E-state index is 0.626. The van der Waals surface area contributed by atoms with Gasteiger partial charge in [0.15, 0.2) is 0 Å². The highest BCUT2D eigenvalue weighted by Gasteiger charge is 2.41. The Balaban J connectivity index is 0.999. The van der Waals surface area contributed by atoms with Gasteiger partial charge in [0, 0.05) is 43.9 Å². The lowest BCUT2D eigenvalue weighted by molar-refractivity contribution is 0.0618. The van der Waals surface area contributed by atoms with Gasteiger partial charge in [0.2, 0.25) is 0 Å². The Kier molecular flexibility index (Phi) is 8.02. The Hall–Kier alpha value is -1.70. The van der Waals surface area contributed by atoms with Crippen LogP contribution < -0.4 is 0 Å². The normalized spacial score (nSPS) is 22.3. The topological polar surface area (TPSA) is 56.2 Å². The number of piperidine rings is 1. The van der Waals surface area contributed by atoms with Gasteiger partial charge in [0.1, 0.15) is 11.6 Å². The van der Waals surface area contributed by atoms with Gasteiger partial charge in [0.25, 0.3) is 0 Å². The summed E-state index contributed by atoms with van der Waals surface area (Å²) < 4.78 is 2.34. The van der Waals surface area contributed by atoms with Crippen LogP contribution in [-0.4, -0.2) is 80.0 Å². The number of hydrogen-bond acceptors (Lipinski definition) is 5. The molecule has 1 N–H and O–H groups in total. The van der Waals surface area contributed by atoms with Gasteiger partial charge in [-0.3, -0.25) is 4.90 Å². The Bertz CT molecular complexity index is 846. The van der Waals surface area contributed by atoms with Gasteiger partial charge in [-0.1, -0.05) is 19.3 Å². The molecule has 0 bridgehead atoms. The highest BCUT2D eigenvalue weighted by molar-refractivity contribution is 4.96. The van der Waals surface area contributed by atoms with Crippen LogP contribution in [-0.2, 0) is 19.6 Å². The summed E-state index contributed by atoms with van der Waals surface area (Å²) in [6.07, 6.45) is 21.9. The van der Waals surface area contributed by atoms with Crippen molar-refractivity contribution in [1.82, 2.24) is 34.2 Å². The van der Waals surface area contributed by atoms with E-state index in [9.17, 15) is 0 Å². The second kappa shape index (κ2) is 11.4. The van der Waals surface area contributed by atoms with Crippen molar-refractivity contribution < 1.29 is 0 Å². The maximum Gasteiger partial charge on any atom is 0.122 e. The number of rotatable bonds is 10. The monoisotopic (exact) mass is 467 g/mol. The van der Waals surface area contributed by atoms with E-state index in [1.165, 1.54) is 96.9 Å². The number of nitrogens with zero attached hydrogens (tertiary/aromatic N) is 6. The van der Waals surface area contributed by atoms with Crippen LogP contribution >= 0.6 is 0 Å². The summed E-state index contributed by atoms with van der Waals surface area (Å²) in [5, 5.41) is 0. The molecule has 7 nitrogen and oxygen atoms in total. The van der Waals surface area contributed by atoms with Crippen molar-refractivity contribution in [1.29, 1.82) is 0 Å². The van der Waals surface area contributed by atoms with Crippen molar-refractivity contribution in [3.63, 3.8) is 0 Å². The van der Waals surface area contributed by atoms with E-state index in [0.29, 0.717) is 5.41 Å². The first-order chi connectivity index (χ1) is 16.7. The van der Waals surface area contributed by atoms with Gasteiger partial charge in [0.05, 0.1) is 13.1 Å². The van der Waals surface area contributed by atoms with E-state index in [0.717, 1.165) is 37.3 Å². The van der Waals surface area contributed by atoms with Crippen molar-refractivity contribution in [2.24, 2.45) is 5.41 Å². The largest absolute Gasteiger partial charge is 0.348 e. The molecule has 7 heteroatoms. The zero-order valence-corrected chi connectivity index (χ0v) is 21.3. The minimum Gasteiger partial charge on any atom is -0.348 e. The third-order valence-corrected chi connectivity index (χ3v) is 8.78. The molecule has 0 amide bonds. The Morgan fingerprint density at radius 2 is 1.76 bits per heavy atom. The van der Waals surface area contributed by atoms with Crippen molar-refractivity contribution in [3.8, 4) is 0 Å². The molecular formula is C27H45N7. The number of aromatic amines is 1. The Labute approximate surface area is 205 Å². The second-order valence-corrected chi connectivity index (χ2v) is 11.3. The van der Waals surface area contributed by atoms with E-state index in [1.807, 2.05) is 18.6 Å². The molecule has 3 fully saturated rings. The second-order valence-electron chi connectivity index (χ2n) is 11.3. The van der Waals surface area contributed by atoms with Crippen LogP contribution in [0.4, 0.5) is 0 Å². The Morgan fingerprint density at radius 1 is 0.971 bits per heavy atom. The van der Waals surface area contributed by atoms with Crippen LogP contribution in [0, 0.1) is 5.41 Å². The van der Waals surface area contributed by atoms with E-state index >= 15 is 0 Å². The molecule has 4 heterocycles. The first kappa shape index (κ1) is 24.0. The molecule has 0 unspecified atom stereocenters. The number of aromatic nitrogens is 4. The van der Waals surface area contributed by atoms with E-state index in [1.54, 1.807) is 0 Å². The molecule has 188 valence electrons. The van der Waals surface area contributed by atoms with Crippen LogP contribution in [0.25, 0.3) is 0 Å². The molecule has 2 saturated heterocycles. The highest BCUT2D eigenvalue weighted by atomic mass is 15.2. The predicted octanol–water partition coefficient (Wildman–Crippen LogP) is 4.14. The SMILES string of the molecule is CN(Cc1ncc[nH]1)Cc1nccn1CCCCN1CCC2(CCN(C3CCCCC3)CC2)C1. The van der Waals surface area contributed by atoms with Crippen LogP contribution in [0.1, 0.15) is 75.9 Å². The number of likely N-dealkylation sites (tertiary alicyclic amines) is 2. The molecular weight excluding hydrogens is 422 g/mol. The van der Waals surface area contributed by atoms with Crippen LogP contribution in [0.15, 0.2) is 24.8 Å². The molecule has 2 aromatic rings. The maximum atomic E-state index is 4.61. The fourth-order valence-corrected chi connectivity index (χ4v) is 6.69.